The third-order valence-electron chi connectivity index (χ3n) is 5.45. The number of hydrogen-bond acceptors (Lipinski definition) is 5. The molecule has 7 heteroatoms. The van der Waals surface area contributed by atoms with Gasteiger partial charge in [0.25, 0.3) is 0 Å². The average Bonchev–Trinajstić information content (AvgIpc) is 2.94. The van der Waals surface area contributed by atoms with E-state index in [1.165, 1.54) is 11.1 Å². The summed E-state index contributed by atoms with van der Waals surface area (Å²) in [6.45, 7) is 6.23. The second-order valence-electron chi connectivity index (χ2n) is 7.52. The first-order valence-corrected chi connectivity index (χ1v) is 9.71. The summed E-state index contributed by atoms with van der Waals surface area (Å²) >= 11 is 0. The second kappa shape index (κ2) is 7.33. The van der Waals surface area contributed by atoms with Gasteiger partial charge in [-0.1, -0.05) is 29.8 Å². The molecular formula is C22H25N5O2. The Balaban J connectivity index is 1.88. The molecular weight excluding hydrogens is 366 g/mol. The zero-order chi connectivity index (χ0) is 20.7. The molecule has 2 aromatic heterocycles. The van der Waals surface area contributed by atoms with Gasteiger partial charge in [-0.2, -0.15) is 5.10 Å². The van der Waals surface area contributed by atoms with Crippen LogP contribution in [0.2, 0.25) is 0 Å². The molecule has 29 heavy (non-hydrogen) atoms. The van der Waals surface area contributed by atoms with Crippen LogP contribution in [0.5, 0.6) is 0 Å². The Labute approximate surface area is 168 Å². The maximum absolute atomic E-state index is 12.6. The molecule has 150 valence electrons. The fraction of sp³-hybridized carbons (Fsp3) is 0.318. The third kappa shape index (κ3) is 3.27. The first-order valence-electron chi connectivity index (χ1n) is 9.71. The lowest BCUT2D eigenvalue weighted by molar-refractivity contribution is 0.275. The van der Waals surface area contributed by atoms with Gasteiger partial charge in [0.15, 0.2) is 5.82 Å². The molecule has 0 radical (unpaired) electrons. The van der Waals surface area contributed by atoms with Crippen molar-refractivity contribution in [1.29, 1.82) is 0 Å². The van der Waals surface area contributed by atoms with Crippen LogP contribution in [0.25, 0.3) is 21.8 Å². The van der Waals surface area contributed by atoms with Gasteiger partial charge in [0, 0.05) is 17.8 Å². The average molecular weight is 391 g/mol. The molecule has 2 heterocycles. The number of aryl methyl sites for hydroxylation is 3. The Morgan fingerprint density at radius 1 is 1.10 bits per heavy atom. The van der Waals surface area contributed by atoms with E-state index >= 15 is 0 Å². The first-order chi connectivity index (χ1) is 13.9. The summed E-state index contributed by atoms with van der Waals surface area (Å²) in [6, 6.07) is 12.3. The first kappa shape index (κ1) is 19.1. The fourth-order valence-electron chi connectivity index (χ4n) is 3.83. The molecule has 4 rings (SSSR count). The van der Waals surface area contributed by atoms with Gasteiger partial charge in [-0.3, -0.25) is 9.13 Å². The SMILES string of the molecule is Cc1cccc([C@@H](C)Nc2nnc(C)c3cc4c(cc23)n(CCO)c(=O)n4C)c1. The van der Waals surface area contributed by atoms with Crippen LogP contribution < -0.4 is 11.0 Å². The Morgan fingerprint density at radius 2 is 1.86 bits per heavy atom. The van der Waals surface area contributed by atoms with E-state index in [-0.39, 0.29) is 24.9 Å². The van der Waals surface area contributed by atoms with E-state index in [1.807, 2.05) is 25.1 Å². The highest BCUT2D eigenvalue weighted by atomic mass is 16.3. The van der Waals surface area contributed by atoms with Crippen molar-refractivity contribution < 1.29 is 5.11 Å². The predicted octanol–water partition coefficient (Wildman–Crippen LogP) is 3.07. The van der Waals surface area contributed by atoms with Crippen LogP contribution in [-0.2, 0) is 13.6 Å². The third-order valence-corrected chi connectivity index (χ3v) is 5.45. The molecule has 2 N–H and O–H groups in total. The topological polar surface area (TPSA) is 85.0 Å². The number of imidazole rings is 1. The number of rotatable bonds is 5. The minimum atomic E-state index is -0.148. The molecule has 2 aromatic carbocycles. The van der Waals surface area contributed by atoms with Crippen molar-refractivity contribution in [3.8, 4) is 0 Å². The largest absolute Gasteiger partial charge is 0.395 e. The predicted molar refractivity (Wildman–Crippen MR) is 115 cm³/mol. The number of aliphatic hydroxyl groups excluding tert-OH is 1. The summed E-state index contributed by atoms with van der Waals surface area (Å²) in [6.07, 6.45) is 0. The number of aromatic nitrogens is 4. The van der Waals surface area contributed by atoms with Gasteiger partial charge in [0.05, 0.1) is 35.9 Å². The maximum Gasteiger partial charge on any atom is 0.328 e. The number of hydrogen-bond donors (Lipinski definition) is 2. The quantitative estimate of drug-likeness (QED) is 0.546. The van der Waals surface area contributed by atoms with Gasteiger partial charge in [-0.05, 0) is 38.5 Å². The van der Waals surface area contributed by atoms with Crippen LogP contribution in [0.15, 0.2) is 41.2 Å². The van der Waals surface area contributed by atoms with Crippen molar-refractivity contribution in [3.05, 3.63) is 63.7 Å². The van der Waals surface area contributed by atoms with Gasteiger partial charge in [0.2, 0.25) is 0 Å². The van der Waals surface area contributed by atoms with Gasteiger partial charge < -0.3 is 10.4 Å². The monoisotopic (exact) mass is 391 g/mol. The number of fused-ring (bicyclic) bond motifs is 2. The normalized spacial score (nSPS) is 12.6. The number of nitrogens with zero attached hydrogens (tertiary/aromatic N) is 4. The summed E-state index contributed by atoms with van der Waals surface area (Å²) in [5, 5.41) is 23.4. The summed E-state index contributed by atoms with van der Waals surface area (Å²) in [5.74, 6) is 0.674. The molecule has 0 saturated heterocycles. The van der Waals surface area contributed by atoms with Crippen LogP contribution in [0.3, 0.4) is 0 Å². The maximum atomic E-state index is 12.6. The van der Waals surface area contributed by atoms with Crippen LogP contribution in [-0.4, -0.2) is 31.0 Å². The van der Waals surface area contributed by atoms with Crippen LogP contribution >= 0.6 is 0 Å². The molecule has 7 nitrogen and oxygen atoms in total. The van der Waals surface area contributed by atoms with Gasteiger partial charge in [-0.25, -0.2) is 4.79 Å². The highest BCUT2D eigenvalue weighted by Gasteiger charge is 2.16. The lowest BCUT2D eigenvalue weighted by Gasteiger charge is -2.17. The smallest absolute Gasteiger partial charge is 0.328 e. The van der Waals surface area contributed by atoms with E-state index < -0.39 is 0 Å². The standard InChI is InChI=1S/C22H25N5O2/c1-13-6-5-7-16(10-13)14(2)23-21-18-12-20-19(11-17(18)15(3)24-25-21)26(4)22(29)27(20)8-9-28/h5-7,10-12,14,28H,8-9H2,1-4H3,(H,23,25)/t14-/m1/s1. The minimum absolute atomic E-state index is 0.0428. The van der Waals surface area contributed by atoms with Gasteiger partial charge in [-0.15, -0.1) is 5.10 Å². The Bertz CT molecular complexity index is 1270. The molecule has 0 saturated carbocycles. The Morgan fingerprint density at radius 3 is 2.59 bits per heavy atom. The molecule has 0 bridgehead atoms. The fourth-order valence-corrected chi connectivity index (χ4v) is 3.83. The van der Waals surface area contributed by atoms with Crippen molar-refractivity contribution in [1.82, 2.24) is 19.3 Å². The molecule has 4 aromatic rings. The van der Waals surface area contributed by atoms with E-state index in [1.54, 1.807) is 16.2 Å². The van der Waals surface area contributed by atoms with Crippen LogP contribution in [0.1, 0.15) is 29.8 Å². The molecule has 0 unspecified atom stereocenters. The summed E-state index contributed by atoms with van der Waals surface area (Å²) in [7, 11) is 1.74. The minimum Gasteiger partial charge on any atom is -0.395 e. The van der Waals surface area contributed by atoms with E-state index in [2.05, 4.69) is 47.6 Å². The number of anilines is 1. The molecule has 0 fully saturated rings. The van der Waals surface area contributed by atoms with E-state index in [9.17, 15) is 9.90 Å². The number of benzene rings is 2. The van der Waals surface area contributed by atoms with Crippen LogP contribution in [0, 0.1) is 13.8 Å². The summed E-state index contributed by atoms with van der Waals surface area (Å²) < 4.78 is 3.20. The van der Waals surface area contributed by atoms with Crippen molar-refractivity contribution in [2.75, 3.05) is 11.9 Å². The van der Waals surface area contributed by atoms with E-state index in [4.69, 9.17) is 0 Å². The summed E-state index contributed by atoms with van der Waals surface area (Å²) in [4.78, 5) is 12.6. The Kier molecular flexibility index (Phi) is 4.84. The van der Waals surface area contributed by atoms with Gasteiger partial charge in [0.1, 0.15) is 0 Å². The molecule has 0 aliphatic rings. The number of nitrogens with one attached hydrogen (secondary N) is 1. The molecule has 1 atom stereocenters. The highest BCUT2D eigenvalue weighted by molar-refractivity contribution is 6.01. The zero-order valence-corrected chi connectivity index (χ0v) is 17.1. The van der Waals surface area contributed by atoms with Crippen LogP contribution in [0.4, 0.5) is 5.82 Å². The highest BCUT2D eigenvalue weighted by Crippen LogP contribution is 2.30. The lowest BCUT2D eigenvalue weighted by atomic mass is 10.0. The zero-order valence-electron chi connectivity index (χ0n) is 17.1. The molecule has 0 spiro atoms. The lowest BCUT2D eigenvalue weighted by Crippen LogP contribution is -2.23. The van der Waals surface area contributed by atoms with Crippen molar-refractivity contribution in [2.24, 2.45) is 7.05 Å². The van der Waals surface area contributed by atoms with Crippen molar-refractivity contribution >= 4 is 27.6 Å². The Hall–Kier alpha value is -3.19. The molecule has 0 aliphatic carbocycles. The second-order valence-corrected chi connectivity index (χ2v) is 7.52. The summed E-state index contributed by atoms with van der Waals surface area (Å²) in [5.41, 5.74) is 4.61. The van der Waals surface area contributed by atoms with E-state index in [0.717, 1.165) is 27.5 Å². The van der Waals surface area contributed by atoms with Gasteiger partial charge >= 0.3 is 5.69 Å². The number of aliphatic hydroxyl groups is 1. The molecule has 0 aliphatic heterocycles. The van der Waals surface area contributed by atoms with Crippen molar-refractivity contribution in [3.63, 3.8) is 0 Å². The van der Waals surface area contributed by atoms with E-state index in [0.29, 0.717) is 5.82 Å². The van der Waals surface area contributed by atoms with Crippen molar-refractivity contribution in [2.45, 2.75) is 33.4 Å². The molecule has 0 amide bonds.